The molecule has 0 aliphatic rings. The zero-order chi connectivity index (χ0) is 13.8. The molecule has 0 aliphatic carbocycles. The number of carboxylic acids is 1. The smallest absolute Gasteiger partial charge is 0.323 e. The molecule has 1 rings (SSSR count). The van der Waals surface area contributed by atoms with Crippen LogP contribution in [0.1, 0.15) is 32.3 Å². The van der Waals surface area contributed by atoms with Crippen molar-refractivity contribution < 1.29 is 15.0 Å². The molecule has 0 spiro atoms. The van der Waals surface area contributed by atoms with Crippen LogP contribution >= 0.6 is 0 Å². The minimum Gasteiger partial charge on any atom is -0.508 e. The number of aliphatic carboxylic acids is 1. The minimum absolute atomic E-state index is 0.143. The maximum Gasteiger partial charge on any atom is 0.323 e. The van der Waals surface area contributed by atoms with E-state index < -0.39 is 11.5 Å². The van der Waals surface area contributed by atoms with E-state index in [2.05, 4.69) is 0 Å². The number of benzene rings is 1. The molecule has 0 amide bonds. The van der Waals surface area contributed by atoms with Crippen molar-refractivity contribution in [2.75, 3.05) is 0 Å². The number of hydrogen-bond donors (Lipinski definition) is 3. The lowest BCUT2D eigenvalue weighted by molar-refractivity contribution is -0.143. The number of aromatic hydroxyl groups is 1. The lowest BCUT2D eigenvalue weighted by atomic mass is 9.84. The minimum atomic E-state index is -1.22. The summed E-state index contributed by atoms with van der Waals surface area (Å²) >= 11 is 0. The number of phenols is 1. The molecule has 1 aromatic rings. The van der Waals surface area contributed by atoms with Gasteiger partial charge in [-0.1, -0.05) is 31.5 Å². The number of rotatable bonds is 6. The summed E-state index contributed by atoms with van der Waals surface area (Å²) in [7, 11) is 0. The number of hydrogen-bond acceptors (Lipinski definition) is 3. The number of para-hydroxylation sites is 1. The summed E-state index contributed by atoms with van der Waals surface area (Å²) < 4.78 is 0. The zero-order valence-corrected chi connectivity index (χ0v) is 10.9. The lowest BCUT2D eigenvalue weighted by Crippen LogP contribution is -2.46. The largest absolute Gasteiger partial charge is 0.508 e. The van der Waals surface area contributed by atoms with Crippen molar-refractivity contribution in [3.63, 3.8) is 0 Å². The molecule has 2 unspecified atom stereocenters. The molecule has 0 saturated carbocycles. The summed E-state index contributed by atoms with van der Waals surface area (Å²) in [5.74, 6) is -0.590. The van der Waals surface area contributed by atoms with Gasteiger partial charge in [0.2, 0.25) is 0 Å². The predicted molar refractivity (Wildman–Crippen MR) is 70.4 cm³/mol. The first kappa shape index (κ1) is 14.5. The average molecular weight is 251 g/mol. The fourth-order valence-electron chi connectivity index (χ4n) is 2.04. The molecule has 0 radical (unpaired) electrons. The van der Waals surface area contributed by atoms with Crippen LogP contribution in [-0.2, 0) is 11.2 Å². The number of nitrogens with two attached hydrogens (primary N) is 1. The standard InChI is InChI=1S/C14H21NO3/c1-3-10(9-14(2,15)13(17)18)8-11-6-4-5-7-12(11)16/h4-7,10,16H,3,8-9,15H2,1-2H3,(H,17,18). The molecule has 0 heterocycles. The first-order chi connectivity index (χ1) is 8.36. The summed E-state index contributed by atoms with van der Waals surface area (Å²) in [6, 6.07) is 7.12. The molecule has 0 bridgehead atoms. The Morgan fingerprint density at radius 3 is 2.56 bits per heavy atom. The van der Waals surface area contributed by atoms with Crippen LogP contribution in [0, 0.1) is 5.92 Å². The highest BCUT2D eigenvalue weighted by Crippen LogP contribution is 2.26. The highest BCUT2D eigenvalue weighted by Gasteiger charge is 2.30. The van der Waals surface area contributed by atoms with Gasteiger partial charge in [-0.15, -0.1) is 0 Å². The van der Waals surface area contributed by atoms with E-state index >= 15 is 0 Å². The van der Waals surface area contributed by atoms with Crippen LogP contribution in [0.25, 0.3) is 0 Å². The van der Waals surface area contributed by atoms with Crippen molar-refractivity contribution in [1.29, 1.82) is 0 Å². The van der Waals surface area contributed by atoms with Gasteiger partial charge in [0.1, 0.15) is 11.3 Å². The Morgan fingerprint density at radius 2 is 2.06 bits per heavy atom. The van der Waals surface area contributed by atoms with Crippen LogP contribution in [0.4, 0.5) is 0 Å². The van der Waals surface area contributed by atoms with E-state index in [4.69, 9.17) is 10.8 Å². The van der Waals surface area contributed by atoms with Gasteiger partial charge >= 0.3 is 5.97 Å². The van der Waals surface area contributed by atoms with Crippen LogP contribution in [0.5, 0.6) is 5.75 Å². The second kappa shape index (κ2) is 5.87. The maximum atomic E-state index is 11.0. The van der Waals surface area contributed by atoms with Crippen LogP contribution in [0.2, 0.25) is 0 Å². The van der Waals surface area contributed by atoms with Gasteiger partial charge in [0, 0.05) is 0 Å². The molecule has 0 aliphatic heterocycles. The third-order valence-electron chi connectivity index (χ3n) is 3.28. The molecular formula is C14H21NO3. The second-order valence-electron chi connectivity index (χ2n) is 5.03. The van der Waals surface area contributed by atoms with Crippen molar-refractivity contribution in [3.05, 3.63) is 29.8 Å². The molecule has 0 saturated heterocycles. The van der Waals surface area contributed by atoms with Gasteiger partial charge in [-0.2, -0.15) is 0 Å². The molecule has 18 heavy (non-hydrogen) atoms. The second-order valence-corrected chi connectivity index (χ2v) is 5.03. The fourth-order valence-corrected chi connectivity index (χ4v) is 2.04. The Hall–Kier alpha value is -1.55. The number of carboxylic acid groups (broad SMARTS) is 1. The Labute approximate surface area is 107 Å². The molecule has 1 aromatic carbocycles. The first-order valence-electron chi connectivity index (χ1n) is 6.16. The number of phenolic OH excluding ortho intramolecular Hbond substituents is 1. The van der Waals surface area contributed by atoms with E-state index in [0.29, 0.717) is 12.8 Å². The van der Waals surface area contributed by atoms with Crippen LogP contribution in [0.15, 0.2) is 24.3 Å². The summed E-state index contributed by atoms with van der Waals surface area (Å²) in [4.78, 5) is 11.0. The van der Waals surface area contributed by atoms with E-state index in [9.17, 15) is 9.90 Å². The van der Waals surface area contributed by atoms with Gasteiger partial charge in [-0.05, 0) is 37.3 Å². The quantitative estimate of drug-likeness (QED) is 0.723. The maximum absolute atomic E-state index is 11.0. The third-order valence-corrected chi connectivity index (χ3v) is 3.28. The van der Waals surface area contributed by atoms with E-state index in [1.807, 2.05) is 19.1 Å². The molecule has 4 nitrogen and oxygen atoms in total. The molecule has 4 heteroatoms. The van der Waals surface area contributed by atoms with Gasteiger partial charge in [0.05, 0.1) is 0 Å². The van der Waals surface area contributed by atoms with E-state index in [1.54, 1.807) is 12.1 Å². The summed E-state index contributed by atoms with van der Waals surface area (Å²) in [6.45, 7) is 3.53. The van der Waals surface area contributed by atoms with Crippen molar-refractivity contribution in [2.24, 2.45) is 11.7 Å². The summed E-state index contributed by atoms with van der Waals surface area (Å²) in [6.07, 6.45) is 1.87. The molecule has 0 aromatic heterocycles. The molecule has 4 N–H and O–H groups in total. The van der Waals surface area contributed by atoms with Crippen molar-refractivity contribution in [1.82, 2.24) is 0 Å². The van der Waals surface area contributed by atoms with Crippen LogP contribution < -0.4 is 5.73 Å². The Kier molecular flexibility index (Phi) is 4.73. The first-order valence-corrected chi connectivity index (χ1v) is 6.16. The van der Waals surface area contributed by atoms with Gasteiger partial charge in [0.15, 0.2) is 0 Å². The Morgan fingerprint density at radius 1 is 1.44 bits per heavy atom. The van der Waals surface area contributed by atoms with E-state index in [-0.39, 0.29) is 11.7 Å². The van der Waals surface area contributed by atoms with Crippen molar-refractivity contribution >= 4 is 5.97 Å². The van der Waals surface area contributed by atoms with E-state index in [0.717, 1.165) is 12.0 Å². The van der Waals surface area contributed by atoms with Crippen molar-refractivity contribution in [3.8, 4) is 5.75 Å². The normalized spacial score (nSPS) is 15.9. The fraction of sp³-hybridized carbons (Fsp3) is 0.500. The van der Waals surface area contributed by atoms with Crippen LogP contribution in [0.3, 0.4) is 0 Å². The average Bonchev–Trinajstić information content (AvgIpc) is 2.30. The SMILES string of the molecule is CCC(Cc1ccccc1O)CC(C)(N)C(=O)O. The van der Waals surface area contributed by atoms with Gasteiger partial charge in [-0.3, -0.25) is 4.79 Å². The van der Waals surface area contributed by atoms with Gasteiger partial charge in [0.25, 0.3) is 0 Å². The highest BCUT2D eigenvalue weighted by atomic mass is 16.4. The predicted octanol–water partition coefficient (Wildman–Crippen LogP) is 2.15. The van der Waals surface area contributed by atoms with Gasteiger partial charge in [-0.25, -0.2) is 0 Å². The third kappa shape index (κ3) is 3.74. The lowest BCUT2D eigenvalue weighted by Gasteiger charge is -2.25. The summed E-state index contributed by atoms with van der Waals surface area (Å²) in [5, 5.41) is 18.7. The van der Waals surface area contributed by atoms with Gasteiger partial charge < -0.3 is 15.9 Å². The van der Waals surface area contributed by atoms with E-state index in [1.165, 1.54) is 6.92 Å². The topological polar surface area (TPSA) is 83.5 Å². The molecule has 100 valence electrons. The molecular weight excluding hydrogens is 230 g/mol. The highest BCUT2D eigenvalue weighted by molar-refractivity contribution is 5.77. The number of carbonyl (C=O) groups is 1. The van der Waals surface area contributed by atoms with Crippen molar-refractivity contribution in [2.45, 2.75) is 38.6 Å². The molecule has 0 fully saturated rings. The van der Waals surface area contributed by atoms with Crippen LogP contribution in [-0.4, -0.2) is 21.7 Å². The zero-order valence-electron chi connectivity index (χ0n) is 10.9. The Balaban J connectivity index is 2.75. The summed E-state index contributed by atoms with van der Waals surface area (Å²) in [5.41, 5.74) is 5.39. The Bertz CT molecular complexity index is 415. The molecule has 2 atom stereocenters. The monoisotopic (exact) mass is 251 g/mol.